The highest BCUT2D eigenvalue weighted by atomic mass is 32.2. The molecule has 0 aliphatic heterocycles. The molecule has 19 heavy (non-hydrogen) atoms. The molecule has 0 amide bonds. The fourth-order valence-corrected chi connectivity index (χ4v) is 3.98. The normalized spacial score (nSPS) is 17.7. The highest BCUT2D eigenvalue weighted by Crippen LogP contribution is 2.48. The molecule has 0 aromatic carbocycles. The molecule has 1 saturated carbocycles. The summed E-state index contributed by atoms with van der Waals surface area (Å²) in [5, 5.41) is 13.1. The molecule has 0 saturated heterocycles. The van der Waals surface area contributed by atoms with Gasteiger partial charge in [0.25, 0.3) is 0 Å². The van der Waals surface area contributed by atoms with Crippen LogP contribution < -0.4 is 4.72 Å². The van der Waals surface area contributed by atoms with Gasteiger partial charge in [0.15, 0.2) is 0 Å². The van der Waals surface area contributed by atoms with Gasteiger partial charge in [-0.25, -0.2) is 13.1 Å². The average Bonchev–Trinajstić information content (AvgIpc) is 3.01. The van der Waals surface area contributed by atoms with Crippen molar-refractivity contribution in [2.24, 2.45) is 12.5 Å². The molecule has 0 bridgehead atoms. The number of aliphatic hydroxyl groups excluding tert-OH is 1. The van der Waals surface area contributed by atoms with E-state index < -0.39 is 10.0 Å². The molecule has 1 heterocycles. The third-order valence-corrected chi connectivity index (χ3v) is 5.60. The number of hydrogen-bond acceptors (Lipinski definition) is 4. The van der Waals surface area contributed by atoms with Crippen molar-refractivity contribution in [3.8, 4) is 0 Å². The van der Waals surface area contributed by atoms with Crippen molar-refractivity contribution in [3.05, 3.63) is 11.4 Å². The van der Waals surface area contributed by atoms with E-state index in [9.17, 15) is 8.42 Å². The maximum atomic E-state index is 12.3. The van der Waals surface area contributed by atoms with Crippen LogP contribution in [0.15, 0.2) is 4.90 Å². The lowest BCUT2D eigenvalue weighted by atomic mass is 10.0. The molecule has 1 aromatic heterocycles. The van der Waals surface area contributed by atoms with E-state index in [1.807, 2.05) is 0 Å². The molecule has 0 spiro atoms. The first kappa shape index (κ1) is 14.5. The molecule has 0 unspecified atom stereocenters. The first-order valence-electron chi connectivity index (χ1n) is 6.42. The number of aliphatic hydroxyl groups is 1. The van der Waals surface area contributed by atoms with Crippen LogP contribution in [0.2, 0.25) is 0 Å². The van der Waals surface area contributed by atoms with Gasteiger partial charge in [-0.1, -0.05) is 0 Å². The second kappa shape index (κ2) is 4.88. The van der Waals surface area contributed by atoms with Gasteiger partial charge in [0, 0.05) is 20.2 Å². The number of sulfonamides is 1. The maximum Gasteiger partial charge on any atom is 0.244 e. The largest absolute Gasteiger partial charge is 0.396 e. The maximum absolute atomic E-state index is 12.3. The van der Waals surface area contributed by atoms with Gasteiger partial charge in [0.05, 0.1) is 11.4 Å². The van der Waals surface area contributed by atoms with E-state index >= 15 is 0 Å². The van der Waals surface area contributed by atoms with Crippen LogP contribution in [0.5, 0.6) is 0 Å². The number of aromatic nitrogens is 2. The van der Waals surface area contributed by atoms with Crippen LogP contribution in [0.1, 0.15) is 30.7 Å². The molecule has 1 fully saturated rings. The fourth-order valence-electron chi connectivity index (χ4n) is 2.39. The van der Waals surface area contributed by atoms with Crippen LogP contribution >= 0.6 is 0 Å². The number of nitrogens with one attached hydrogen (secondary N) is 1. The van der Waals surface area contributed by atoms with Crippen LogP contribution in [0.25, 0.3) is 0 Å². The molecule has 0 radical (unpaired) electrons. The second-order valence-electron chi connectivity index (χ2n) is 5.42. The van der Waals surface area contributed by atoms with E-state index in [0.717, 1.165) is 12.8 Å². The van der Waals surface area contributed by atoms with E-state index in [1.165, 1.54) is 0 Å². The third-order valence-electron chi connectivity index (χ3n) is 3.95. The summed E-state index contributed by atoms with van der Waals surface area (Å²) in [6.45, 7) is 3.94. The van der Waals surface area contributed by atoms with Crippen molar-refractivity contribution >= 4 is 10.0 Å². The summed E-state index contributed by atoms with van der Waals surface area (Å²) in [4.78, 5) is 0.273. The highest BCUT2D eigenvalue weighted by molar-refractivity contribution is 7.89. The molecule has 1 aliphatic rings. The Morgan fingerprint density at radius 1 is 1.42 bits per heavy atom. The molecule has 1 aliphatic carbocycles. The highest BCUT2D eigenvalue weighted by Gasteiger charge is 2.42. The van der Waals surface area contributed by atoms with Crippen molar-refractivity contribution in [3.63, 3.8) is 0 Å². The summed E-state index contributed by atoms with van der Waals surface area (Å²) >= 11 is 0. The molecule has 2 N–H and O–H groups in total. The minimum atomic E-state index is -3.53. The Kier molecular flexibility index (Phi) is 3.72. The molecule has 0 atom stereocenters. The van der Waals surface area contributed by atoms with Crippen LogP contribution in [0.4, 0.5) is 0 Å². The van der Waals surface area contributed by atoms with Crippen molar-refractivity contribution in [1.29, 1.82) is 0 Å². The summed E-state index contributed by atoms with van der Waals surface area (Å²) in [5.74, 6) is 0. The van der Waals surface area contributed by atoms with E-state index in [2.05, 4.69) is 9.82 Å². The average molecular weight is 287 g/mol. The Hall–Kier alpha value is -0.920. The molecular weight excluding hydrogens is 266 g/mol. The quantitative estimate of drug-likeness (QED) is 0.797. The van der Waals surface area contributed by atoms with E-state index in [0.29, 0.717) is 24.4 Å². The zero-order chi connectivity index (χ0) is 14.3. The summed E-state index contributed by atoms with van der Waals surface area (Å²) in [5.41, 5.74) is 1.11. The van der Waals surface area contributed by atoms with Gasteiger partial charge < -0.3 is 5.11 Å². The number of hydrogen-bond donors (Lipinski definition) is 2. The molecular formula is C12H21N3O3S. The van der Waals surface area contributed by atoms with Gasteiger partial charge in [0.2, 0.25) is 10.0 Å². The summed E-state index contributed by atoms with van der Waals surface area (Å²) in [7, 11) is -1.80. The molecule has 7 heteroatoms. The van der Waals surface area contributed by atoms with E-state index in [1.54, 1.807) is 25.6 Å². The summed E-state index contributed by atoms with van der Waals surface area (Å²) < 4.78 is 28.9. The first-order chi connectivity index (χ1) is 8.81. The zero-order valence-electron chi connectivity index (χ0n) is 11.6. The lowest BCUT2D eigenvalue weighted by Gasteiger charge is -2.14. The predicted molar refractivity (Wildman–Crippen MR) is 71.2 cm³/mol. The van der Waals surface area contributed by atoms with Gasteiger partial charge in [0.1, 0.15) is 4.90 Å². The lowest BCUT2D eigenvalue weighted by molar-refractivity contribution is 0.249. The molecule has 108 valence electrons. The minimum absolute atomic E-state index is 0.0359. The van der Waals surface area contributed by atoms with Crippen molar-refractivity contribution in [1.82, 2.24) is 14.5 Å². The minimum Gasteiger partial charge on any atom is -0.396 e. The predicted octanol–water partition coefficient (Wildman–Crippen LogP) is 0.478. The van der Waals surface area contributed by atoms with Gasteiger partial charge >= 0.3 is 0 Å². The summed E-state index contributed by atoms with van der Waals surface area (Å²) in [6, 6.07) is 0. The van der Waals surface area contributed by atoms with Crippen molar-refractivity contribution in [2.75, 3.05) is 13.2 Å². The van der Waals surface area contributed by atoms with Gasteiger partial charge in [-0.05, 0) is 38.5 Å². The van der Waals surface area contributed by atoms with Gasteiger partial charge in [-0.3, -0.25) is 4.68 Å². The van der Waals surface area contributed by atoms with Crippen LogP contribution in [0.3, 0.4) is 0 Å². The molecule has 2 rings (SSSR count). The van der Waals surface area contributed by atoms with Crippen molar-refractivity contribution in [2.45, 2.75) is 38.0 Å². The second-order valence-corrected chi connectivity index (χ2v) is 7.13. The lowest BCUT2D eigenvalue weighted by Crippen LogP contribution is -2.31. The summed E-state index contributed by atoms with van der Waals surface area (Å²) in [6.07, 6.45) is 2.60. The molecule has 6 nitrogen and oxygen atoms in total. The molecule has 1 aromatic rings. The Bertz CT molecular complexity index is 573. The smallest absolute Gasteiger partial charge is 0.244 e. The monoisotopic (exact) mass is 287 g/mol. The Balaban J connectivity index is 2.15. The number of rotatable bonds is 6. The van der Waals surface area contributed by atoms with E-state index in [-0.39, 0.29) is 16.9 Å². The fraction of sp³-hybridized carbons (Fsp3) is 0.750. The topological polar surface area (TPSA) is 84.2 Å². The number of nitrogens with zero attached hydrogens (tertiary/aromatic N) is 2. The Labute approximate surface area is 113 Å². The standard InChI is InChI=1S/C12H21N3O3S/c1-9-11(10(2)15(3)14-9)19(17,18)13-8-12(4-5-12)6-7-16/h13,16H,4-8H2,1-3H3. The number of aryl methyl sites for hydroxylation is 2. The first-order valence-corrected chi connectivity index (χ1v) is 7.90. The zero-order valence-corrected chi connectivity index (χ0v) is 12.4. The van der Waals surface area contributed by atoms with Crippen LogP contribution in [0, 0.1) is 19.3 Å². The van der Waals surface area contributed by atoms with Gasteiger partial charge in [-0.15, -0.1) is 0 Å². The Morgan fingerprint density at radius 3 is 2.47 bits per heavy atom. The van der Waals surface area contributed by atoms with Crippen molar-refractivity contribution < 1.29 is 13.5 Å². The van der Waals surface area contributed by atoms with E-state index in [4.69, 9.17) is 5.11 Å². The van der Waals surface area contributed by atoms with Gasteiger partial charge in [-0.2, -0.15) is 5.10 Å². The Morgan fingerprint density at radius 2 is 2.05 bits per heavy atom. The van der Waals surface area contributed by atoms with Crippen LogP contribution in [-0.2, 0) is 17.1 Å². The SMILES string of the molecule is Cc1nn(C)c(C)c1S(=O)(=O)NCC1(CCO)CC1. The van der Waals surface area contributed by atoms with Crippen LogP contribution in [-0.4, -0.2) is 36.5 Å². The third kappa shape index (κ3) is 2.82.